The molecule has 1 aromatic rings. The number of hydrogen-bond donors (Lipinski definition) is 2. The van der Waals surface area contributed by atoms with Gasteiger partial charge in [-0.25, -0.2) is 12.1 Å². The molecule has 0 saturated carbocycles. The van der Waals surface area contributed by atoms with Gasteiger partial charge in [0.1, 0.15) is 0 Å². The predicted octanol–water partition coefficient (Wildman–Crippen LogP) is 0.605. The fraction of sp³-hybridized carbons (Fsp3) is 0.375. The van der Waals surface area contributed by atoms with Crippen LogP contribution in [0.1, 0.15) is 12.5 Å². The topological polar surface area (TPSA) is 40.5 Å². The van der Waals surface area contributed by atoms with Crippen LogP contribution in [-0.2, 0) is 5.60 Å². The molecule has 0 aliphatic rings. The number of aliphatic hydroxyl groups excluding tert-OH is 1. The van der Waals surface area contributed by atoms with E-state index >= 15 is 0 Å². The lowest BCUT2D eigenvalue weighted by Gasteiger charge is -2.22. The molecule has 0 bridgehead atoms. The Bertz CT molecular complexity index is 187. The molecule has 0 aromatic heterocycles. The molecule has 2 N–H and O–H groups in total. The monoisotopic (exact) mass is 139 g/mol. The van der Waals surface area contributed by atoms with Crippen LogP contribution < -0.4 is 0 Å². The van der Waals surface area contributed by atoms with Crippen molar-refractivity contribution in [2.75, 3.05) is 6.61 Å². The van der Waals surface area contributed by atoms with Crippen LogP contribution in [0, 0.1) is 0 Å². The molecule has 2 nitrogen and oxygen atoms in total. The van der Waals surface area contributed by atoms with Gasteiger partial charge in [0.25, 0.3) is 0 Å². The van der Waals surface area contributed by atoms with Gasteiger partial charge >= 0.3 is 0 Å². The molecule has 0 aliphatic carbocycles. The lowest BCUT2D eigenvalue weighted by Crippen LogP contribution is -2.24. The lowest BCUT2D eigenvalue weighted by molar-refractivity contribution is -0.00203. The molecule has 56 valence electrons. The Kier molecular flexibility index (Phi) is 1.83. The van der Waals surface area contributed by atoms with Crippen molar-refractivity contribution in [1.82, 2.24) is 0 Å². The SMILES string of the molecule is C[C@](O)(CO)c1ccc[cH-]1. The molecule has 0 amide bonds. The molecule has 1 rings (SSSR count). The van der Waals surface area contributed by atoms with Crippen molar-refractivity contribution in [2.24, 2.45) is 0 Å². The van der Waals surface area contributed by atoms with Gasteiger partial charge < -0.3 is 10.2 Å². The summed E-state index contributed by atoms with van der Waals surface area (Å²) in [4.78, 5) is 0. The van der Waals surface area contributed by atoms with Crippen molar-refractivity contribution in [3.8, 4) is 0 Å². The average Bonchev–Trinajstić information content (AvgIpc) is 2.38. The Morgan fingerprint density at radius 1 is 1.70 bits per heavy atom. The molecule has 10 heavy (non-hydrogen) atoms. The Hall–Kier alpha value is -0.730. The van der Waals surface area contributed by atoms with Gasteiger partial charge in [-0.1, -0.05) is 0 Å². The van der Waals surface area contributed by atoms with Crippen molar-refractivity contribution in [1.29, 1.82) is 0 Å². The highest BCUT2D eigenvalue weighted by molar-refractivity contribution is 5.22. The summed E-state index contributed by atoms with van der Waals surface area (Å²) in [6, 6.07) is 7.24. The zero-order chi connectivity index (χ0) is 7.61. The first-order chi connectivity index (χ1) is 4.67. The maximum absolute atomic E-state index is 9.43. The zero-order valence-corrected chi connectivity index (χ0v) is 5.91. The van der Waals surface area contributed by atoms with Crippen LogP contribution in [0.2, 0.25) is 0 Å². The van der Waals surface area contributed by atoms with E-state index in [0.29, 0.717) is 0 Å². The van der Waals surface area contributed by atoms with E-state index in [4.69, 9.17) is 5.11 Å². The summed E-state index contributed by atoms with van der Waals surface area (Å²) in [6.45, 7) is 1.35. The summed E-state index contributed by atoms with van der Waals surface area (Å²) >= 11 is 0. The molecular weight excluding hydrogens is 128 g/mol. The third-order valence-corrected chi connectivity index (χ3v) is 1.59. The van der Waals surface area contributed by atoms with E-state index in [0.717, 1.165) is 5.56 Å². The minimum atomic E-state index is -1.08. The molecule has 0 heterocycles. The zero-order valence-electron chi connectivity index (χ0n) is 5.91. The van der Waals surface area contributed by atoms with Crippen molar-refractivity contribution >= 4 is 0 Å². The largest absolute Gasteiger partial charge is 0.393 e. The van der Waals surface area contributed by atoms with E-state index in [9.17, 15) is 5.11 Å². The Balaban J connectivity index is 2.85. The second kappa shape index (κ2) is 2.48. The van der Waals surface area contributed by atoms with E-state index in [1.807, 2.05) is 12.1 Å². The highest BCUT2D eigenvalue weighted by Gasteiger charge is 2.16. The minimum absolute atomic E-state index is 0.239. The van der Waals surface area contributed by atoms with Crippen LogP contribution in [0.5, 0.6) is 0 Å². The van der Waals surface area contributed by atoms with Gasteiger partial charge in [0.15, 0.2) is 0 Å². The fourth-order valence-corrected chi connectivity index (χ4v) is 0.824. The first-order valence-corrected chi connectivity index (χ1v) is 3.22. The Labute approximate surface area is 60.1 Å². The van der Waals surface area contributed by atoms with Crippen LogP contribution >= 0.6 is 0 Å². The molecule has 0 aliphatic heterocycles. The average molecular weight is 139 g/mol. The third-order valence-electron chi connectivity index (χ3n) is 1.59. The van der Waals surface area contributed by atoms with E-state index < -0.39 is 5.60 Å². The molecule has 0 fully saturated rings. The Morgan fingerprint density at radius 2 is 2.40 bits per heavy atom. The molecule has 1 aromatic carbocycles. The quantitative estimate of drug-likeness (QED) is 0.589. The minimum Gasteiger partial charge on any atom is -0.393 e. The second-order valence-electron chi connectivity index (χ2n) is 2.61. The molecule has 0 spiro atoms. The summed E-state index contributed by atoms with van der Waals surface area (Å²) in [5.74, 6) is 0. The lowest BCUT2D eigenvalue weighted by atomic mass is 10.0. The van der Waals surface area contributed by atoms with Crippen LogP contribution in [0.3, 0.4) is 0 Å². The van der Waals surface area contributed by atoms with Gasteiger partial charge in [0.2, 0.25) is 0 Å². The van der Waals surface area contributed by atoms with Gasteiger partial charge in [-0.15, -0.1) is 5.56 Å². The van der Waals surface area contributed by atoms with Gasteiger partial charge in [-0.2, -0.15) is 12.1 Å². The van der Waals surface area contributed by atoms with E-state index in [-0.39, 0.29) is 6.61 Å². The third kappa shape index (κ3) is 1.23. The standard InChI is InChI=1S/C8H11O2/c1-8(10,6-9)7-4-2-3-5-7/h2-5,9-10H,6H2,1H3/q-1/t8-/m0/s1. The molecular formula is C8H11O2-. The first kappa shape index (κ1) is 7.38. The predicted molar refractivity (Wildman–Crippen MR) is 38.7 cm³/mol. The van der Waals surface area contributed by atoms with Crippen molar-refractivity contribution in [2.45, 2.75) is 12.5 Å². The summed E-state index contributed by atoms with van der Waals surface area (Å²) in [7, 11) is 0. The second-order valence-corrected chi connectivity index (χ2v) is 2.61. The van der Waals surface area contributed by atoms with Crippen LogP contribution in [0.4, 0.5) is 0 Å². The number of aliphatic hydroxyl groups is 2. The number of rotatable bonds is 2. The number of hydrogen-bond acceptors (Lipinski definition) is 2. The molecule has 2 heteroatoms. The maximum atomic E-state index is 9.43. The first-order valence-electron chi connectivity index (χ1n) is 3.22. The summed E-state index contributed by atoms with van der Waals surface area (Å²) in [5, 5.41) is 18.1. The van der Waals surface area contributed by atoms with Gasteiger partial charge in [-0.05, 0) is 6.92 Å². The van der Waals surface area contributed by atoms with E-state index in [1.165, 1.54) is 0 Å². The molecule has 1 atom stereocenters. The van der Waals surface area contributed by atoms with Crippen molar-refractivity contribution in [3.05, 3.63) is 29.8 Å². The smallest absolute Gasteiger partial charge is 0.0871 e. The van der Waals surface area contributed by atoms with Gasteiger partial charge in [-0.3, -0.25) is 0 Å². The maximum Gasteiger partial charge on any atom is 0.0871 e. The van der Waals surface area contributed by atoms with Crippen LogP contribution in [0.25, 0.3) is 0 Å². The van der Waals surface area contributed by atoms with Crippen LogP contribution in [0.15, 0.2) is 24.3 Å². The molecule has 0 unspecified atom stereocenters. The Morgan fingerprint density at radius 3 is 2.80 bits per heavy atom. The van der Waals surface area contributed by atoms with Crippen LogP contribution in [-0.4, -0.2) is 16.8 Å². The fourth-order valence-electron chi connectivity index (χ4n) is 0.824. The highest BCUT2D eigenvalue weighted by Crippen LogP contribution is 2.19. The summed E-state index contributed by atoms with van der Waals surface area (Å²) < 4.78 is 0. The summed E-state index contributed by atoms with van der Waals surface area (Å²) in [5.41, 5.74) is -0.321. The molecule has 0 radical (unpaired) electrons. The van der Waals surface area contributed by atoms with Gasteiger partial charge in [0.05, 0.1) is 12.2 Å². The highest BCUT2D eigenvalue weighted by atomic mass is 16.3. The summed E-state index contributed by atoms with van der Waals surface area (Å²) in [6.07, 6.45) is 0. The van der Waals surface area contributed by atoms with Gasteiger partial charge in [0, 0.05) is 0 Å². The van der Waals surface area contributed by atoms with Crippen molar-refractivity contribution in [3.63, 3.8) is 0 Å². The van der Waals surface area contributed by atoms with E-state index in [2.05, 4.69) is 0 Å². The van der Waals surface area contributed by atoms with Crippen molar-refractivity contribution < 1.29 is 10.2 Å². The molecule has 0 saturated heterocycles. The van der Waals surface area contributed by atoms with E-state index in [1.54, 1.807) is 19.1 Å². The normalized spacial score (nSPS) is 16.7.